The maximum absolute atomic E-state index is 11.0. The molecule has 2 aromatic carbocycles. The number of carbonyl (C=O) groups is 1. The van der Waals surface area contributed by atoms with E-state index in [1.54, 1.807) is 30.3 Å². The van der Waals surface area contributed by atoms with Gasteiger partial charge in [-0.25, -0.2) is 4.79 Å². The van der Waals surface area contributed by atoms with E-state index in [0.29, 0.717) is 11.3 Å². The summed E-state index contributed by atoms with van der Waals surface area (Å²) in [6, 6.07) is 10.7. The molecule has 0 amide bonds. The van der Waals surface area contributed by atoms with Crippen molar-refractivity contribution in [3.05, 3.63) is 74.8 Å². The predicted octanol–water partition coefficient (Wildman–Crippen LogP) is 4.06. The predicted molar refractivity (Wildman–Crippen MR) is 92.7 cm³/mol. The van der Waals surface area contributed by atoms with E-state index in [4.69, 9.17) is 16.7 Å². The molecule has 0 heterocycles. The second-order valence-corrected chi connectivity index (χ2v) is 4.97. The average molecular weight is 346 g/mol. The van der Waals surface area contributed by atoms with Gasteiger partial charge in [-0.15, -0.1) is 0 Å². The van der Waals surface area contributed by atoms with Crippen LogP contribution in [0.25, 0.3) is 6.08 Å². The standard InChI is InChI=1S/C16H12ClN3O4/c17-14-8-7-12(10-13(14)16(21)22)19-18-9-3-5-11-4-1-2-6-15(11)20(23)24/h1-10,19H,(H,21,22)/b5-3+,18-9-. The van der Waals surface area contributed by atoms with E-state index in [1.807, 2.05) is 0 Å². The number of nitro groups is 1. The minimum atomic E-state index is -1.14. The Morgan fingerprint density at radius 1 is 1.29 bits per heavy atom. The summed E-state index contributed by atoms with van der Waals surface area (Å²) in [5.74, 6) is -1.14. The lowest BCUT2D eigenvalue weighted by molar-refractivity contribution is -0.385. The van der Waals surface area contributed by atoms with Crippen molar-refractivity contribution in [3.63, 3.8) is 0 Å². The van der Waals surface area contributed by atoms with Crippen LogP contribution >= 0.6 is 11.6 Å². The molecule has 0 atom stereocenters. The van der Waals surface area contributed by atoms with Crippen molar-refractivity contribution in [1.82, 2.24) is 0 Å². The molecule has 122 valence electrons. The molecule has 0 fully saturated rings. The molecule has 0 saturated heterocycles. The Kier molecular flexibility index (Phi) is 5.64. The highest BCUT2D eigenvalue weighted by Crippen LogP contribution is 2.21. The zero-order valence-electron chi connectivity index (χ0n) is 12.2. The molecule has 2 N–H and O–H groups in total. The van der Waals surface area contributed by atoms with Gasteiger partial charge in [-0.2, -0.15) is 5.10 Å². The second kappa shape index (κ2) is 7.89. The first-order chi connectivity index (χ1) is 11.5. The summed E-state index contributed by atoms with van der Waals surface area (Å²) in [6.07, 6.45) is 4.48. The Morgan fingerprint density at radius 2 is 2.04 bits per heavy atom. The molecule has 7 nitrogen and oxygen atoms in total. The fraction of sp³-hybridized carbons (Fsp3) is 0. The maximum Gasteiger partial charge on any atom is 0.337 e. The molecular weight excluding hydrogens is 334 g/mol. The Hall–Kier alpha value is -3.19. The summed E-state index contributed by atoms with van der Waals surface area (Å²) in [5, 5.41) is 23.9. The highest BCUT2D eigenvalue weighted by Gasteiger charge is 2.09. The quantitative estimate of drug-likeness (QED) is 0.466. The fourth-order valence-corrected chi connectivity index (χ4v) is 2.05. The number of nitrogens with one attached hydrogen (secondary N) is 1. The third-order valence-electron chi connectivity index (χ3n) is 2.96. The largest absolute Gasteiger partial charge is 0.478 e. The van der Waals surface area contributed by atoms with Gasteiger partial charge in [0.05, 0.1) is 26.8 Å². The van der Waals surface area contributed by atoms with Crippen LogP contribution in [-0.2, 0) is 0 Å². The lowest BCUT2D eigenvalue weighted by Crippen LogP contribution is -1.99. The van der Waals surface area contributed by atoms with Crippen LogP contribution in [0.3, 0.4) is 0 Å². The number of nitro benzene ring substituents is 1. The van der Waals surface area contributed by atoms with E-state index >= 15 is 0 Å². The molecular formula is C16H12ClN3O4. The van der Waals surface area contributed by atoms with Crippen LogP contribution in [0.15, 0.2) is 53.6 Å². The van der Waals surface area contributed by atoms with E-state index in [9.17, 15) is 14.9 Å². The lowest BCUT2D eigenvalue weighted by Gasteiger charge is -2.03. The van der Waals surface area contributed by atoms with Crippen molar-refractivity contribution in [2.24, 2.45) is 5.10 Å². The maximum atomic E-state index is 11.0. The highest BCUT2D eigenvalue weighted by molar-refractivity contribution is 6.33. The lowest BCUT2D eigenvalue weighted by atomic mass is 10.1. The molecule has 0 aliphatic carbocycles. The van der Waals surface area contributed by atoms with Crippen molar-refractivity contribution in [3.8, 4) is 0 Å². The summed E-state index contributed by atoms with van der Waals surface area (Å²) in [6.45, 7) is 0. The summed E-state index contributed by atoms with van der Waals surface area (Å²) in [4.78, 5) is 21.4. The Labute approximate surface area is 142 Å². The van der Waals surface area contributed by atoms with Gasteiger partial charge in [-0.3, -0.25) is 15.5 Å². The van der Waals surface area contributed by atoms with Crippen LogP contribution in [0.1, 0.15) is 15.9 Å². The van der Waals surface area contributed by atoms with Crippen LogP contribution in [0, 0.1) is 10.1 Å². The first-order valence-corrected chi connectivity index (χ1v) is 7.09. The van der Waals surface area contributed by atoms with E-state index in [-0.39, 0.29) is 16.3 Å². The molecule has 0 unspecified atom stereocenters. The number of carboxylic acid groups (broad SMARTS) is 1. The SMILES string of the molecule is O=C(O)c1cc(N/N=C\C=C\c2ccccc2[N+](=O)[O-])ccc1Cl. The van der Waals surface area contributed by atoms with Gasteiger partial charge in [0.1, 0.15) is 0 Å². The number of anilines is 1. The Balaban J connectivity index is 2.04. The Morgan fingerprint density at radius 3 is 2.75 bits per heavy atom. The summed E-state index contributed by atoms with van der Waals surface area (Å²) < 4.78 is 0. The van der Waals surface area contributed by atoms with Gasteiger partial charge in [-0.1, -0.05) is 23.7 Å². The molecule has 0 aromatic heterocycles. The van der Waals surface area contributed by atoms with Crippen molar-refractivity contribution in [1.29, 1.82) is 0 Å². The van der Waals surface area contributed by atoms with Gasteiger partial charge in [0.25, 0.3) is 5.69 Å². The molecule has 0 spiro atoms. The van der Waals surface area contributed by atoms with E-state index in [1.165, 1.54) is 30.5 Å². The number of para-hydroxylation sites is 1. The number of rotatable bonds is 6. The third kappa shape index (κ3) is 4.40. The second-order valence-electron chi connectivity index (χ2n) is 4.56. The number of halogens is 1. The molecule has 0 radical (unpaired) electrons. The molecule has 2 rings (SSSR count). The van der Waals surface area contributed by atoms with Gasteiger partial charge in [-0.05, 0) is 36.4 Å². The van der Waals surface area contributed by atoms with Crippen molar-refractivity contribution in [2.45, 2.75) is 0 Å². The van der Waals surface area contributed by atoms with Crippen LogP contribution in [0.5, 0.6) is 0 Å². The first kappa shape index (κ1) is 17.2. The minimum absolute atomic E-state index is 0.00101. The van der Waals surface area contributed by atoms with Gasteiger partial charge in [0.15, 0.2) is 0 Å². The van der Waals surface area contributed by atoms with Gasteiger partial charge in [0, 0.05) is 12.3 Å². The van der Waals surface area contributed by atoms with E-state index in [0.717, 1.165) is 0 Å². The highest BCUT2D eigenvalue weighted by atomic mass is 35.5. The average Bonchev–Trinajstić information content (AvgIpc) is 2.56. The van der Waals surface area contributed by atoms with Crippen LogP contribution < -0.4 is 5.43 Å². The van der Waals surface area contributed by atoms with E-state index < -0.39 is 10.9 Å². The molecule has 2 aromatic rings. The van der Waals surface area contributed by atoms with Crippen LogP contribution in [0.4, 0.5) is 11.4 Å². The summed E-state index contributed by atoms with van der Waals surface area (Å²) in [5.41, 5.74) is 3.52. The van der Waals surface area contributed by atoms with Gasteiger partial charge < -0.3 is 5.11 Å². The smallest absolute Gasteiger partial charge is 0.337 e. The van der Waals surface area contributed by atoms with Crippen molar-refractivity contribution in [2.75, 3.05) is 5.43 Å². The molecule has 0 aliphatic heterocycles. The van der Waals surface area contributed by atoms with Gasteiger partial charge >= 0.3 is 5.97 Å². The minimum Gasteiger partial charge on any atom is -0.478 e. The molecule has 8 heteroatoms. The normalized spacial score (nSPS) is 11.0. The zero-order chi connectivity index (χ0) is 17.5. The van der Waals surface area contributed by atoms with Crippen LogP contribution in [-0.4, -0.2) is 22.2 Å². The van der Waals surface area contributed by atoms with E-state index in [2.05, 4.69) is 10.5 Å². The monoisotopic (exact) mass is 345 g/mol. The number of allylic oxidation sites excluding steroid dienone is 1. The summed E-state index contributed by atoms with van der Waals surface area (Å²) >= 11 is 5.77. The molecule has 0 aliphatic rings. The topological polar surface area (TPSA) is 105 Å². The molecule has 0 bridgehead atoms. The number of aromatic carboxylic acids is 1. The Bertz CT molecular complexity index is 834. The fourth-order valence-electron chi connectivity index (χ4n) is 1.85. The third-order valence-corrected chi connectivity index (χ3v) is 3.29. The number of carboxylic acids is 1. The van der Waals surface area contributed by atoms with Gasteiger partial charge in [0.2, 0.25) is 0 Å². The first-order valence-electron chi connectivity index (χ1n) is 6.71. The van der Waals surface area contributed by atoms with Crippen molar-refractivity contribution >= 4 is 41.2 Å². The number of nitrogens with zero attached hydrogens (tertiary/aromatic N) is 2. The molecule has 24 heavy (non-hydrogen) atoms. The summed E-state index contributed by atoms with van der Waals surface area (Å²) in [7, 11) is 0. The number of benzene rings is 2. The number of hydrazone groups is 1. The number of hydrogen-bond acceptors (Lipinski definition) is 5. The zero-order valence-corrected chi connectivity index (χ0v) is 13.0. The van der Waals surface area contributed by atoms with Crippen molar-refractivity contribution < 1.29 is 14.8 Å². The number of hydrogen-bond donors (Lipinski definition) is 2. The van der Waals surface area contributed by atoms with Crippen LogP contribution in [0.2, 0.25) is 5.02 Å². The molecule has 0 saturated carbocycles.